The summed E-state index contributed by atoms with van der Waals surface area (Å²) in [5.41, 5.74) is -0.355. The molecule has 0 spiro atoms. The monoisotopic (exact) mass is 309 g/mol. The third-order valence-corrected chi connectivity index (χ3v) is 2.85. The Morgan fingerprint density at radius 1 is 1.27 bits per heavy atom. The second-order valence-corrected chi connectivity index (χ2v) is 4.42. The Labute approximate surface area is 126 Å². The lowest BCUT2D eigenvalue weighted by Gasteiger charge is -2.19. The van der Waals surface area contributed by atoms with Gasteiger partial charge in [0.15, 0.2) is 11.9 Å². The van der Waals surface area contributed by atoms with E-state index in [2.05, 4.69) is 4.99 Å². The fourth-order valence-corrected chi connectivity index (χ4v) is 1.81. The number of aliphatic imine (C=N–C) groups is 1. The Bertz CT molecular complexity index is 651. The molecule has 0 amide bonds. The fourth-order valence-electron chi connectivity index (χ4n) is 1.81. The predicted octanol–water partition coefficient (Wildman–Crippen LogP) is 2.42. The van der Waals surface area contributed by atoms with E-state index in [1.165, 1.54) is 32.2 Å². The molecule has 118 valence electrons. The van der Waals surface area contributed by atoms with Crippen LogP contribution >= 0.6 is 0 Å². The van der Waals surface area contributed by atoms with Crippen molar-refractivity contribution >= 4 is 17.7 Å². The van der Waals surface area contributed by atoms with Gasteiger partial charge in [-0.2, -0.15) is 0 Å². The highest BCUT2D eigenvalue weighted by molar-refractivity contribution is 6.18. The first-order valence-electron chi connectivity index (χ1n) is 6.30. The van der Waals surface area contributed by atoms with E-state index >= 15 is 0 Å². The number of carbonyl (C=O) groups is 2. The zero-order chi connectivity index (χ0) is 16.9. The van der Waals surface area contributed by atoms with Crippen LogP contribution < -0.4 is 0 Å². The van der Waals surface area contributed by atoms with E-state index in [1.54, 1.807) is 0 Å². The molecule has 1 unspecified atom stereocenters. The van der Waals surface area contributed by atoms with Gasteiger partial charge in [-0.3, -0.25) is 9.79 Å². The summed E-state index contributed by atoms with van der Waals surface area (Å²) in [4.78, 5) is 26.2. The second kappa shape index (κ2) is 7.35. The van der Waals surface area contributed by atoms with Gasteiger partial charge in [-0.05, 0) is 19.1 Å². The number of aliphatic carboxylic acids is 1. The van der Waals surface area contributed by atoms with Crippen LogP contribution in [0.3, 0.4) is 0 Å². The summed E-state index contributed by atoms with van der Waals surface area (Å²) >= 11 is 0. The van der Waals surface area contributed by atoms with Gasteiger partial charge in [0.05, 0.1) is 0 Å². The fraction of sp³-hybridized carbons (Fsp3) is 0.267. The molecular weight excluding hydrogens is 293 g/mol. The molecule has 0 aliphatic rings. The molecule has 0 aliphatic heterocycles. The van der Waals surface area contributed by atoms with Crippen molar-refractivity contribution < 1.29 is 28.9 Å². The third-order valence-electron chi connectivity index (χ3n) is 2.85. The van der Waals surface area contributed by atoms with Gasteiger partial charge in [0.2, 0.25) is 0 Å². The number of aliphatic hydroxyl groups excluding tert-OH is 1. The first kappa shape index (κ1) is 17.4. The predicted molar refractivity (Wildman–Crippen MR) is 77.2 cm³/mol. The zero-order valence-electron chi connectivity index (χ0n) is 12.3. The first-order chi connectivity index (χ1) is 10.3. The summed E-state index contributed by atoms with van der Waals surface area (Å²) in [6.07, 6.45) is -1.43. The minimum Gasteiger partial charge on any atom is -0.507 e. The van der Waals surface area contributed by atoms with Gasteiger partial charge in [-0.1, -0.05) is 12.1 Å². The van der Waals surface area contributed by atoms with Crippen LogP contribution in [0.5, 0.6) is 0 Å². The minimum absolute atomic E-state index is 0.0403. The molecule has 2 N–H and O–H groups in total. The van der Waals surface area contributed by atoms with Crippen molar-refractivity contribution in [2.45, 2.75) is 20.0 Å². The molecule has 0 saturated carbocycles. The number of carboxylic acid groups (broad SMARTS) is 1. The molecule has 0 fully saturated rings. The molecule has 0 aromatic heterocycles. The van der Waals surface area contributed by atoms with E-state index in [0.717, 1.165) is 13.0 Å². The SMILES string of the molecule is CN=C(C)C(C(=O)O)=C(O)C(OC(C)=O)c1cccc(F)c1. The molecule has 0 saturated heterocycles. The standard InChI is InChI=1S/C15H16FNO5/c1-8(17-3)12(15(20)21)13(19)14(22-9(2)18)10-5-4-6-11(16)7-10/h4-7,14,19H,1-3H3,(H,20,21). The van der Waals surface area contributed by atoms with E-state index in [4.69, 9.17) is 4.74 Å². The van der Waals surface area contributed by atoms with Gasteiger partial charge in [0.25, 0.3) is 0 Å². The Kier molecular flexibility index (Phi) is 5.80. The van der Waals surface area contributed by atoms with Crippen molar-refractivity contribution in [1.82, 2.24) is 0 Å². The lowest BCUT2D eigenvalue weighted by Crippen LogP contribution is -2.19. The molecule has 0 bridgehead atoms. The molecular formula is C15H16FNO5. The van der Waals surface area contributed by atoms with Crippen LogP contribution in [-0.4, -0.2) is 34.9 Å². The highest BCUT2D eigenvalue weighted by Gasteiger charge is 2.28. The number of hydrogen-bond donors (Lipinski definition) is 2. The molecule has 7 heteroatoms. The summed E-state index contributed by atoms with van der Waals surface area (Å²) in [6, 6.07) is 4.98. The van der Waals surface area contributed by atoms with E-state index in [9.17, 15) is 24.2 Å². The Balaban J connectivity index is 3.49. The highest BCUT2D eigenvalue weighted by Crippen LogP contribution is 2.28. The number of ether oxygens (including phenoxy) is 1. The zero-order valence-corrected chi connectivity index (χ0v) is 12.3. The molecule has 22 heavy (non-hydrogen) atoms. The number of carbonyl (C=O) groups excluding carboxylic acids is 1. The van der Waals surface area contributed by atoms with E-state index in [-0.39, 0.29) is 11.3 Å². The van der Waals surface area contributed by atoms with Crippen molar-refractivity contribution in [2.24, 2.45) is 4.99 Å². The molecule has 1 atom stereocenters. The summed E-state index contributed by atoms with van der Waals surface area (Å²) in [5, 5.41) is 19.5. The van der Waals surface area contributed by atoms with Crippen LogP contribution in [0.15, 0.2) is 40.6 Å². The number of nitrogens with zero attached hydrogens (tertiary/aromatic N) is 1. The maximum absolute atomic E-state index is 13.3. The van der Waals surface area contributed by atoms with Crippen LogP contribution in [0.2, 0.25) is 0 Å². The maximum atomic E-state index is 13.3. The van der Waals surface area contributed by atoms with E-state index in [0.29, 0.717) is 0 Å². The summed E-state index contributed by atoms with van der Waals surface area (Å²) < 4.78 is 18.3. The number of esters is 1. The van der Waals surface area contributed by atoms with Crippen molar-refractivity contribution in [3.8, 4) is 0 Å². The average molecular weight is 309 g/mol. The van der Waals surface area contributed by atoms with Gasteiger partial charge >= 0.3 is 11.9 Å². The van der Waals surface area contributed by atoms with E-state index < -0.39 is 35.2 Å². The van der Waals surface area contributed by atoms with Crippen molar-refractivity contribution in [3.63, 3.8) is 0 Å². The van der Waals surface area contributed by atoms with Crippen LogP contribution in [0.1, 0.15) is 25.5 Å². The highest BCUT2D eigenvalue weighted by atomic mass is 19.1. The van der Waals surface area contributed by atoms with Gasteiger partial charge in [0, 0.05) is 25.2 Å². The van der Waals surface area contributed by atoms with Crippen LogP contribution in [0, 0.1) is 5.82 Å². The van der Waals surface area contributed by atoms with Crippen LogP contribution in [0.4, 0.5) is 4.39 Å². The quantitative estimate of drug-likeness (QED) is 0.377. The molecule has 0 heterocycles. The number of hydrogen-bond acceptors (Lipinski definition) is 5. The third kappa shape index (κ3) is 4.15. The van der Waals surface area contributed by atoms with Gasteiger partial charge in [-0.25, -0.2) is 9.18 Å². The minimum atomic E-state index is -1.44. The summed E-state index contributed by atoms with van der Waals surface area (Å²) in [7, 11) is 1.36. The molecule has 0 radical (unpaired) electrons. The lowest BCUT2D eigenvalue weighted by atomic mass is 10.0. The Morgan fingerprint density at radius 3 is 2.36 bits per heavy atom. The molecule has 1 aromatic carbocycles. The smallest absolute Gasteiger partial charge is 0.341 e. The molecule has 0 aliphatic carbocycles. The number of rotatable bonds is 5. The van der Waals surface area contributed by atoms with E-state index in [1.807, 2.05) is 0 Å². The van der Waals surface area contributed by atoms with Crippen molar-refractivity contribution in [1.29, 1.82) is 0 Å². The second-order valence-electron chi connectivity index (χ2n) is 4.42. The molecule has 1 aromatic rings. The largest absolute Gasteiger partial charge is 0.507 e. The van der Waals surface area contributed by atoms with Gasteiger partial charge in [-0.15, -0.1) is 0 Å². The average Bonchev–Trinajstić information content (AvgIpc) is 2.43. The first-order valence-corrected chi connectivity index (χ1v) is 6.30. The topological polar surface area (TPSA) is 96.2 Å². The number of aliphatic hydroxyl groups is 1. The summed E-state index contributed by atoms with van der Waals surface area (Å²) in [6.45, 7) is 2.48. The Hall–Kier alpha value is -2.70. The number of benzene rings is 1. The molecule has 1 rings (SSSR count). The number of halogens is 1. The lowest BCUT2D eigenvalue weighted by molar-refractivity contribution is -0.146. The number of carboxylic acids is 1. The Morgan fingerprint density at radius 2 is 1.91 bits per heavy atom. The molecule has 6 nitrogen and oxygen atoms in total. The van der Waals surface area contributed by atoms with Gasteiger partial charge < -0.3 is 14.9 Å². The van der Waals surface area contributed by atoms with Gasteiger partial charge in [0.1, 0.15) is 11.4 Å². The van der Waals surface area contributed by atoms with Crippen molar-refractivity contribution in [2.75, 3.05) is 7.05 Å². The van der Waals surface area contributed by atoms with Crippen LogP contribution in [-0.2, 0) is 14.3 Å². The summed E-state index contributed by atoms with van der Waals surface area (Å²) in [5.74, 6) is -3.53. The van der Waals surface area contributed by atoms with Crippen LogP contribution in [0.25, 0.3) is 0 Å². The normalized spacial score (nSPS) is 14.1. The van der Waals surface area contributed by atoms with Crippen molar-refractivity contribution in [3.05, 3.63) is 47.0 Å². The maximum Gasteiger partial charge on any atom is 0.341 e.